The normalized spacial score (nSPS) is 10.8. The number of ether oxygens (including phenoxy) is 2. The fourth-order valence-corrected chi connectivity index (χ4v) is 2.20. The number of aryl methyl sites for hydroxylation is 1. The van der Waals surface area contributed by atoms with Crippen molar-refractivity contribution in [1.82, 2.24) is 10.5 Å². The zero-order valence-corrected chi connectivity index (χ0v) is 13.8. The molecule has 0 aliphatic heterocycles. The van der Waals surface area contributed by atoms with Crippen molar-refractivity contribution in [3.63, 3.8) is 0 Å². The van der Waals surface area contributed by atoms with Crippen LogP contribution in [0.4, 0.5) is 0 Å². The lowest BCUT2D eigenvalue weighted by Gasteiger charge is -2.10. The molecule has 114 valence electrons. The lowest BCUT2D eigenvalue weighted by molar-refractivity contribution is 0.199. The van der Waals surface area contributed by atoms with Crippen LogP contribution in [-0.4, -0.2) is 25.4 Å². The smallest absolute Gasteiger partial charge is 0.134 e. The lowest BCUT2D eigenvalue weighted by Crippen LogP contribution is -2.18. The van der Waals surface area contributed by atoms with Gasteiger partial charge in [-0.15, -0.1) is 0 Å². The van der Waals surface area contributed by atoms with Gasteiger partial charge in [-0.05, 0) is 30.7 Å². The fraction of sp³-hybridized carbons (Fsp3) is 0.400. The van der Waals surface area contributed by atoms with Crippen LogP contribution < -0.4 is 10.1 Å². The third-order valence-corrected chi connectivity index (χ3v) is 3.65. The first-order chi connectivity index (χ1) is 10.2. The van der Waals surface area contributed by atoms with Gasteiger partial charge >= 0.3 is 0 Å². The molecule has 2 rings (SSSR count). The SMILES string of the molecule is COCCNCc1cc(OCc2cc(C)on2)ccc1Br. The molecule has 2 aromatic rings. The van der Waals surface area contributed by atoms with E-state index in [4.69, 9.17) is 14.0 Å². The molecule has 0 saturated heterocycles. The first-order valence-corrected chi connectivity index (χ1v) is 7.51. The van der Waals surface area contributed by atoms with E-state index in [1.165, 1.54) is 0 Å². The minimum atomic E-state index is 0.398. The number of hydrogen-bond acceptors (Lipinski definition) is 5. The second-order valence-corrected chi connectivity index (χ2v) is 5.49. The summed E-state index contributed by atoms with van der Waals surface area (Å²) in [6.45, 7) is 4.52. The van der Waals surface area contributed by atoms with Crippen molar-refractivity contribution in [2.45, 2.75) is 20.1 Å². The van der Waals surface area contributed by atoms with Crippen molar-refractivity contribution in [3.8, 4) is 5.75 Å². The van der Waals surface area contributed by atoms with E-state index in [1.807, 2.05) is 31.2 Å². The molecule has 0 unspecified atom stereocenters. The Morgan fingerprint density at radius 1 is 1.33 bits per heavy atom. The van der Waals surface area contributed by atoms with Crippen LogP contribution in [0, 0.1) is 6.92 Å². The van der Waals surface area contributed by atoms with E-state index in [1.54, 1.807) is 7.11 Å². The average Bonchev–Trinajstić information content (AvgIpc) is 2.89. The van der Waals surface area contributed by atoms with E-state index in [0.717, 1.165) is 40.3 Å². The van der Waals surface area contributed by atoms with Crippen LogP contribution in [0.15, 0.2) is 33.3 Å². The molecule has 0 atom stereocenters. The number of hydrogen-bond donors (Lipinski definition) is 1. The summed E-state index contributed by atoms with van der Waals surface area (Å²) in [4.78, 5) is 0. The van der Waals surface area contributed by atoms with E-state index in [9.17, 15) is 0 Å². The first-order valence-electron chi connectivity index (χ1n) is 6.72. The predicted molar refractivity (Wildman–Crippen MR) is 83.3 cm³/mol. The third kappa shape index (κ3) is 5.15. The number of benzene rings is 1. The van der Waals surface area contributed by atoms with Crippen LogP contribution in [0.5, 0.6) is 5.75 Å². The van der Waals surface area contributed by atoms with Crippen LogP contribution in [0.1, 0.15) is 17.0 Å². The highest BCUT2D eigenvalue weighted by molar-refractivity contribution is 9.10. The topological polar surface area (TPSA) is 56.5 Å². The molecule has 1 N–H and O–H groups in total. The lowest BCUT2D eigenvalue weighted by atomic mass is 10.2. The maximum absolute atomic E-state index is 5.73. The van der Waals surface area contributed by atoms with Gasteiger partial charge in [-0.1, -0.05) is 21.1 Å². The van der Waals surface area contributed by atoms with Crippen molar-refractivity contribution in [2.75, 3.05) is 20.3 Å². The molecule has 0 aliphatic rings. The van der Waals surface area contributed by atoms with Gasteiger partial charge in [0.1, 0.15) is 23.8 Å². The summed E-state index contributed by atoms with van der Waals surface area (Å²) >= 11 is 3.54. The number of nitrogens with zero attached hydrogens (tertiary/aromatic N) is 1. The number of halogens is 1. The maximum Gasteiger partial charge on any atom is 0.134 e. The Labute approximate surface area is 132 Å². The molecule has 1 aromatic carbocycles. The van der Waals surface area contributed by atoms with Gasteiger partial charge in [0.05, 0.1) is 6.61 Å². The highest BCUT2D eigenvalue weighted by Gasteiger charge is 2.05. The summed E-state index contributed by atoms with van der Waals surface area (Å²) in [5, 5.41) is 7.22. The van der Waals surface area contributed by atoms with E-state index >= 15 is 0 Å². The van der Waals surface area contributed by atoms with Crippen molar-refractivity contribution in [3.05, 3.63) is 45.8 Å². The number of rotatable bonds is 8. The minimum absolute atomic E-state index is 0.398. The van der Waals surface area contributed by atoms with Gasteiger partial charge in [-0.3, -0.25) is 0 Å². The van der Waals surface area contributed by atoms with Gasteiger partial charge in [0.25, 0.3) is 0 Å². The zero-order chi connectivity index (χ0) is 15.1. The summed E-state index contributed by atoms with van der Waals surface area (Å²) in [6.07, 6.45) is 0. The van der Waals surface area contributed by atoms with E-state index in [0.29, 0.717) is 13.2 Å². The van der Waals surface area contributed by atoms with E-state index in [2.05, 4.69) is 26.4 Å². The van der Waals surface area contributed by atoms with E-state index < -0.39 is 0 Å². The Morgan fingerprint density at radius 3 is 2.90 bits per heavy atom. The molecule has 0 bridgehead atoms. The zero-order valence-electron chi connectivity index (χ0n) is 12.2. The van der Waals surface area contributed by atoms with Gasteiger partial charge in [0, 0.05) is 30.7 Å². The summed E-state index contributed by atoms with van der Waals surface area (Å²) in [5.41, 5.74) is 1.93. The molecule has 5 nitrogen and oxygen atoms in total. The summed E-state index contributed by atoms with van der Waals surface area (Å²) in [7, 11) is 1.69. The van der Waals surface area contributed by atoms with Gasteiger partial charge < -0.3 is 19.3 Å². The van der Waals surface area contributed by atoms with Crippen LogP contribution >= 0.6 is 15.9 Å². The molecule has 0 fully saturated rings. The Bertz CT molecular complexity index is 572. The van der Waals surface area contributed by atoms with Crippen LogP contribution in [0.3, 0.4) is 0 Å². The molecule has 0 aliphatic carbocycles. The van der Waals surface area contributed by atoms with Gasteiger partial charge in [-0.25, -0.2) is 0 Å². The molecule has 1 heterocycles. The summed E-state index contributed by atoms with van der Waals surface area (Å²) in [5.74, 6) is 1.59. The van der Waals surface area contributed by atoms with Crippen molar-refractivity contribution >= 4 is 15.9 Å². The van der Waals surface area contributed by atoms with Crippen LogP contribution in [0.25, 0.3) is 0 Å². The molecule has 0 saturated carbocycles. The Balaban J connectivity index is 1.91. The molecule has 1 aromatic heterocycles. The molecular weight excluding hydrogens is 336 g/mol. The van der Waals surface area contributed by atoms with Crippen LogP contribution in [0.2, 0.25) is 0 Å². The Hall–Kier alpha value is -1.37. The average molecular weight is 355 g/mol. The monoisotopic (exact) mass is 354 g/mol. The first kappa shape index (κ1) is 16.0. The molecule has 6 heteroatoms. The largest absolute Gasteiger partial charge is 0.487 e. The van der Waals surface area contributed by atoms with Crippen LogP contribution in [-0.2, 0) is 17.9 Å². The Kier molecular flexibility index (Phi) is 6.22. The number of aromatic nitrogens is 1. The summed E-state index contributed by atoms with van der Waals surface area (Å²) in [6, 6.07) is 7.79. The van der Waals surface area contributed by atoms with Crippen molar-refractivity contribution in [1.29, 1.82) is 0 Å². The Morgan fingerprint density at radius 2 is 2.19 bits per heavy atom. The third-order valence-electron chi connectivity index (χ3n) is 2.88. The number of nitrogens with one attached hydrogen (secondary N) is 1. The van der Waals surface area contributed by atoms with Gasteiger partial charge in [0.15, 0.2) is 0 Å². The fourth-order valence-electron chi connectivity index (χ4n) is 1.82. The summed E-state index contributed by atoms with van der Waals surface area (Å²) < 4.78 is 16.8. The quantitative estimate of drug-likeness (QED) is 0.738. The molecular formula is C15H19BrN2O3. The molecule has 0 radical (unpaired) electrons. The van der Waals surface area contributed by atoms with Crippen molar-refractivity contribution < 1.29 is 14.0 Å². The van der Waals surface area contributed by atoms with Gasteiger partial charge in [-0.2, -0.15) is 0 Å². The number of methoxy groups -OCH3 is 1. The highest BCUT2D eigenvalue weighted by Crippen LogP contribution is 2.23. The molecule has 0 amide bonds. The predicted octanol–water partition coefficient (Wildman–Crippen LogP) is 3.06. The standard InChI is InChI=1S/C15H19BrN2O3/c1-11-7-13(18-21-11)10-20-14-3-4-15(16)12(8-14)9-17-5-6-19-2/h3-4,7-8,17H,5-6,9-10H2,1-2H3. The van der Waals surface area contributed by atoms with Crippen molar-refractivity contribution in [2.24, 2.45) is 0 Å². The molecule has 0 spiro atoms. The highest BCUT2D eigenvalue weighted by atomic mass is 79.9. The molecule has 21 heavy (non-hydrogen) atoms. The maximum atomic E-state index is 5.73. The second kappa shape index (κ2) is 8.17. The van der Waals surface area contributed by atoms with Gasteiger partial charge in [0.2, 0.25) is 0 Å². The minimum Gasteiger partial charge on any atom is -0.487 e. The second-order valence-electron chi connectivity index (χ2n) is 4.64. The van der Waals surface area contributed by atoms with E-state index in [-0.39, 0.29) is 0 Å².